The largest absolute Gasteiger partial charge is 0.381 e. The molecule has 3 atom stereocenters. The third-order valence-electron chi connectivity index (χ3n) is 7.43. The summed E-state index contributed by atoms with van der Waals surface area (Å²) in [6.45, 7) is 5.69. The van der Waals surface area contributed by atoms with Gasteiger partial charge in [0.15, 0.2) is 5.78 Å². The Balaban J connectivity index is 1.75. The first-order valence-corrected chi connectivity index (χ1v) is 11.0. The summed E-state index contributed by atoms with van der Waals surface area (Å²) in [5.41, 5.74) is 4.59. The quantitative estimate of drug-likeness (QED) is 0.748. The van der Waals surface area contributed by atoms with E-state index in [1.165, 1.54) is 11.3 Å². The average Bonchev–Trinajstić information content (AvgIpc) is 3.19. The van der Waals surface area contributed by atoms with Crippen LogP contribution >= 0.6 is 0 Å². The molecule has 3 aliphatic rings. The van der Waals surface area contributed by atoms with Crippen LogP contribution in [-0.2, 0) is 21.4 Å². The second-order valence-corrected chi connectivity index (χ2v) is 9.08. The number of benzene rings is 1. The molecule has 0 spiro atoms. The fraction of sp³-hybridized carbons (Fsp3) is 0.480. The van der Waals surface area contributed by atoms with Gasteiger partial charge in [-0.1, -0.05) is 50.3 Å². The Kier molecular flexibility index (Phi) is 4.63. The van der Waals surface area contributed by atoms with Gasteiger partial charge in [-0.3, -0.25) is 9.48 Å². The van der Waals surface area contributed by atoms with Crippen molar-refractivity contribution in [2.75, 3.05) is 13.2 Å². The maximum absolute atomic E-state index is 12.7. The van der Waals surface area contributed by atoms with E-state index in [1.54, 1.807) is 0 Å². The Hall–Kier alpha value is -2.71. The Bertz CT molecular complexity index is 1060. The van der Waals surface area contributed by atoms with Crippen molar-refractivity contribution in [3.63, 3.8) is 0 Å². The van der Waals surface area contributed by atoms with Crippen molar-refractivity contribution in [2.45, 2.75) is 51.0 Å². The number of nitriles is 1. The smallest absolute Gasteiger partial charge is 0.176 e. The molecule has 154 valence electrons. The van der Waals surface area contributed by atoms with Gasteiger partial charge in [0.25, 0.3) is 0 Å². The van der Waals surface area contributed by atoms with Crippen molar-refractivity contribution in [3.8, 4) is 17.3 Å². The molecule has 0 saturated carbocycles. The minimum absolute atomic E-state index is 0.0103. The summed E-state index contributed by atoms with van der Waals surface area (Å²) in [5, 5.41) is 14.8. The van der Waals surface area contributed by atoms with Crippen molar-refractivity contribution in [3.05, 3.63) is 53.2 Å². The van der Waals surface area contributed by atoms with Gasteiger partial charge in [0.05, 0.1) is 23.0 Å². The molecule has 30 heavy (non-hydrogen) atoms. The van der Waals surface area contributed by atoms with E-state index >= 15 is 0 Å². The van der Waals surface area contributed by atoms with Gasteiger partial charge in [-0.2, -0.15) is 10.4 Å². The molecule has 0 amide bonds. The lowest BCUT2D eigenvalue weighted by Crippen LogP contribution is -2.46. The van der Waals surface area contributed by atoms with E-state index in [0.717, 1.165) is 50.2 Å². The Morgan fingerprint density at radius 3 is 2.63 bits per heavy atom. The fourth-order valence-electron chi connectivity index (χ4n) is 5.91. The van der Waals surface area contributed by atoms with E-state index in [2.05, 4.69) is 41.9 Å². The molecule has 1 saturated heterocycles. The van der Waals surface area contributed by atoms with Crippen LogP contribution in [-0.4, -0.2) is 28.8 Å². The predicted octanol–water partition coefficient (Wildman–Crippen LogP) is 4.39. The molecule has 1 aromatic heterocycles. The maximum atomic E-state index is 12.7. The summed E-state index contributed by atoms with van der Waals surface area (Å²) in [4.78, 5) is 12.7. The highest BCUT2D eigenvalue weighted by Crippen LogP contribution is 2.52. The van der Waals surface area contributed by atoms with Crippen LogP contribution in [0.4, 0.5) is 0 Å². The van der Waals surface area contributed by atoms with E-state index in [1.807, 2.05) is 19.1 Å². The zero-order valence-electron chi connectivity index (χ0n) is 17.6. The zero-order valence-corrected chi connectivity index (χ0v) is 17.6. The van der Waals surface area contributed by atoms with E-state index in [9.17, 15) is 10.1 Å². The number of fused-ring (bicyclic) bond motifs is 3. The highest BCUT2D eigenvalue weighted by Gasteiger charge is 2.51. The summed E-state index contributed by atoms with van der Waals surface area (Å²) in [6.07, 6.45) is 5.67. The number of ether oxygens (including phenoxy) is 1. The molecule has 1 fully saturated rings. The van der Waals surface area contributed by atoms with Gasteiger partial charge in [-0.25, -0.2) is 0 Å². The molecule has 0 bridgehead atoms. The number of nitrogens with zero attached hydrogens (tertiary/aromatic N) is 3. The van der Waals surface area contributed by atoms with Crippen LogP contribution in [0, 0.1) is 23.2 Å². The summed E-state index contributed by atoms with van der Waals surface area (Å²) in [5.74, 6) is 0.0263. The van der Waals surface area contributed by atoms with Gasteiger partial charge in [0.1, 0.15) is 6.07 Å². The molecular weight excluding hydrogens is 374 g/mol. The van der Waals surface area contributed by atoms with Gasteiger partial charge in [-0.05, 0) is 31.6 Å². The molecule has 0 radical (unpaired) electrons. The van der Waals surface area contributed by atoms with Crippen LogP contribution in [0.5, 0.6) is 0 Å². The van der Waals surface area contributed by atoms with Crippen molar-refractivity contribution in [2.24, 2.45) is 11.8 Å². The highest BCUT2D eigenvalue weighted by atomic mass is 16.5. The van der Waals surface area contributed by atoms with Crippen LogP contribution in [0.2, 0.25) is 0 Å². The molecule has 0 N–H and O–H groups in total. The number of carbonyl (C=O) groups is 1. The normalized spacial score (nSPS) is 29.0. The first kappa shape index (κ1) is 19.3. The van der Waals surface area contributed by atoms with Gasteiger partial charge in [0.2, 0.25) is 0 Å². The van der Waals surface area contributed by atoms with Crippen LogP contribution < -0.4 is 0 Å². The lowest BCUT2D eigenvalue weighted by molar-refractivity contribution is -0.121. The van der Waals surface area contributed by atoms with Gasteiger partial charge in [-0.15, -0.1) is 0 Å². The maximum Gasteiger partial charge on any atom is 0.176 e. The van der Waals surface area contributed by atoms with Crippen molar-refractivity contribution in [1.82, 2.24) is 9.78 Å². The number of ketones is 1. The third-order valence-corrected chi connectivity index (χ3v) is 7.43. The molecule has 2 aliphatic carbocycles. The zero-order chi connectivity index (χ0) is 20.9. The number of aromatic nitrogens is 2. The van der Waals surface area contributed by atoms with E-state index in [-0.39, 0.29) is 29.1 Å². The van der Waals surface area contributed by atoms with Crippen LogP contribution in [0.1, 0.15) is 50.4 Å². The van der Waals surface area contributed by atoms with Crippen LogP contribution in [0.3, 0.4) is 0 Å². The lowest BCUT2D eigenvalue weighted by Gasteiger charge is -2.46. The topological polar surface area (TPSA) is 67.9 Å². The fourth-order valence-corrected chi connectivity index (χ4v) is 5.91. The summed E-state index contributed by atoms with van der Waals surface area (Å²) < 4.78 is 7.85. The predicted molar refractivity (Wildman–Crippen MR) is 114 cm³/mol. The standard InChI is InChI=1S/C25H27N3O2/c1-16-21-9-8-20-22(17-6-4-3-5-7-17)27-28(19-10-12-30-13-11-19)24(20)25(21,2)14-18(15-26)23(16)29/h3-7,14,16,19,21H,8-13H2,1-2H3/t16?,21-,25-/m1/s1. The number of Topliss-reactive ketones (excluding diaryl/α,β-unsaturated/α-hetero) is 1. The summed E-state index contributed by atoms with van der Waals surface area (Å²) in [6, 6.07) is 12.8. The van der Waals surface area contributed by atoms with Crippen LogP contribution in [0.15, 0.2) is 42.0 Å². The Morgan fingerprint density at radius 2 is 1.93 bits per heavy atom. The number of allylic oxidation sites excluding steroid dienone is 2. The molecule has 2 heterocycles. The van der Waals surface area contributed by atoms with Crippen molar-refractivity contribution < 1.29 is 9.53 Å². The van der Waals surface area contributed by atoms with Crippen molar-refractivity contribution in [1.29, 1.82) is 5.26 Å². The molecule has 1 unspecified atom stereocenters. The van der Waals surface area contributed by atoms with Crippen LogP contribution in [0.25, 0.3) is 11.3 Å². The molecule has 5 rings (SSSR count). The number of hydrogen-bond acceptors (Lipinski definition) is 4. The first-order chi connectivity index (χ1) is 14.5. The third kappa shape index (κ3) is 2.78. The van der Waals surface area contributed by atoms with E-state index < -0.39 is 0 Å². The SMILES string of the molecule is CC1C(=O)C(C#N)=C[C@@]2(C)c3c(c(-c4ccccc4)nn3C3CCOCC3)CC[C@H]12. The molecule has 2 aromatic rings. The first-order valence-electron chi connectivity index (χ1n) is 11.0. The second-order valence-electron chi connectivity index (χ2n) is 9.08. The number of carbonyl (C=O) groups excluding carboxylic acids is 1. The molecular formula is C25H27N3O2. The molecule has 1 aromatic carbocycles. The number of rotatable bonds is 2. The van der Waals surface area contributed by atoms with E-state index in [0.29, 0.717) is 5.57 Å². The molecule has 1 aliphatic heterocycles. The Morgan fingerprint density at radius 1 is 1.20 bits per heavy atom. The minimum atomic E-state index is -0.371. The summed E-state index contributed by atoms with van der Waals surface area (Å²) >= 11 is 0. The summed E-state index contributed by atoms with van der Waals surface area (Å²) in [7, 11) is 0. The highest BCUT2D eigenvalue weighted by molar-refractivity contribution is 6.02. The van der Waals surface area contributed by atoms with Gasteiger partial charge < -0.3 is 4.74 Å². The Labute approximate surface area is 177 Å². The van der Waals surface area contributed by atoms with Gasteiger partial charge in [0, 0.05) is 35.7 Å². The molecule has 5 nitrogen and oxygen atoms in total. The minimum Gasteiger partial charge on any atom is -0.381 e. The number of hydrogen-bond donors (Lipinski definition) is 0. The monoisotopic (exact) mass is 401 g/mol. The molecule has 5 heteroatoms. The lowest BCUT2D eigenvalue weighted by atomic mass is 9.57. The average molecular weight is 402 g/mol. The second kappa shape index (κ2) is 7.21. The van der Waals surface area contributed by atoms with Gasteiger partial charge >= 0.3 is 0 Å². The van der Waals surface area contributed by atoms with Crippen molar-refractivity contribution >= 4 is 5.78 Å². The van der Waals surface area contributed by atoms with E-state index in [4.69, 9.17) is 9.84 Å².